The van der Waals surface area contributed by atoms with Crippen LogP contribution in [0.4, 0.5) is 0 Å². The van der Waals surface area contributed by atoms with E-state index in [1.54, 1.807) is 12.0 Å². The lowest BCUT2D eigenvalue weighted by Crippen LogP contribution is -2.50. The fourth-order valence-electron chi connectivity index (χ4n) is 6.97. The smallest absolute Gasteiger partial charge is 0.254 e. The van der Waals surface area contributed by atoms with Crippen LogP contribution in [0.2, 0.25) is 0 Å². The number of carbonyl (C=O) groups is 2. The number of aromatic nitrogens is 1. The molecule has 3 aromatic rings. The van der Waals surface area contributed by atoms with E-state index < -0.39 is 0 Å². The maximum absolute atomic E-state index is 13.1. The maximum atomic E-state index is 13.1. The van der Waals surface area contributed by atoms with Gasteiger partial charge in [-0.3, -0.25) is 14.5 Å². The van der Waals surface area contributed by atoms with Crippen molar-refractivity contribution >= 4 is 22.7 Å². The number of aromatic amines is 1. The van der Waals surface area contributed by atoms with Crippen molar-refractivity contribution in [1.82, 2.24) is 20.1 Å². The molecular formula is C31H35N5O3. The third-order valence-electron chi connectivity index (χ3n) is 9.10. The molecule has 3 fully saturated rings. The van der Waals surface area contributed by atoms with E-state index in [2.05, 4.69) is 52.5 Å². The minimum Gasteiger partial charge on any atom is -0.496 e. The Kier molecular flexibility index (Phi) is 6.56. The van der Waals surface area contributed by atoms with Crippen LogP contribution in [0.25, 0.3) is 10.9 Å². The molecular weight excluding hydrogens is 490 g/mol. The van der Waals surface area contributed by atoms with Gasteiger partial charge in [0.05, 0.1) is 19.7 Å². The largest absolute Gasteiger partial charge is 0.496 e. The summed E-state index contributed by atoms with van der Waals surface area (Å²) in [6.07, 6.45) is 6.00. The van der Waals surface area contributed by atoms with Crippen LogP contribution in [0.5, 0.6) is 5.75 Å². The molecule has 1 spiro atoms. The van der Waals surface area contributed by atoms with E-state index in [1.165, 1.54) is 16.5 Å². The number of hydrogen-bond acceptors (Lipinski definition) is 5. The molecule has 1 aliphatic carbocycles. The number of benzene rings is 2. The molecule has 0 bridgehead atoms. The van der Waals surface area contributed by atoms with Gasteiger partial charge in [-0.2, -0.15) is 5.26 Å². The number of rotatable bonds is 5. The maximum Gasteiger partial charge on any atom is 0.254 e. The second-order valence-electron chi connectivity index (χ2n) is 11.5. The molecule has 1 aromatic heterocycles. The van der Waals surface area contributed by atoms with Crippen LogP contribution >= 0.6 is 0 Å². The number of hydrogen-bond donors (Lipinski definition) is 2. The summed E-state index contributed by atoms with van der Waals surface area (Å²) < 4.78 is 5.85. The molecule has 0 radical (unpaired) electrons. The Bertz CT molecular complexity index is 1450. The Morgan fingerprint density at radius 3 is 2.69 bits per heavy atom. The van der Waals surface area contributed by atoms with E-state index in [-0.39, 0.29) is 35.7 Å². The summed E-state index contributed by atoms with van der Waals surface area (Å²) in [6.45, 7) is 4.91. The van der Waals surface area contributed by atoms with Crippen LogP contribution in [0.1, 0.15) is 58.8 Å². The van der Waals surface area contributed by atoms with Gasteiger partial charge in [0.25, 0.3) is 5.91 Å². The van der Waals surface area contributed by atoms with E-state index in [1.807, 2.05) is 18.3 Å². The van der Waals surface area contributed by atoms with Crippen LogP contribution in [0, 0.1) is 29.6 Å². The Hall–Kier alpha value is -3.83. The van der Waals surface area contributed by atoms with Gasteiger partial charge in [-0.15, -0.1) is 0 Å². The minimum atomic E-state index is -0.117. The number of methoxy groups -OCH3 is 1. The summed E-state index contributed by atoms with van der Waals surface area (Å²) in [4.78, 5) is 32.4. The predicted molar refractivity (Wildman–Crippen MR) is 148 cm³/mol. The zero-order chi connectivity index (χ0) is 27.1. The molecule has 39 heavy (non-hydrogen) atoms. The summed E-state index contributed by atoms with van der Waals surface area (Å²) in [6, 6.07) is 14.8. The Morgan fingerprint density at radius 2 is 1.97 bits per heavy atom. The van der Waals surface area contributed by atoms with E-state index in [4.69, 9.17) is 4.74 Å². The van der Waals surface area contributed by atoms with Crippen molar-refractivity contribution in [2.75, 3.05) is 33.3 Å². The van der Waals surface area contributed by atoms with Gasteiger partial charge >= 0.3 is 0 Å². The number of carbonyl (C=O) groups excluding carboxylic acids is 2. The third-order valence-corrected chi connectivity index (χ3v) is 9.10. The summed E-state index contributed by atoms with van der Waals surface area (Å²) in [5.74, 6) is 0.839. The van der Waals surface area contributed by atoms with Crippen molar-refractivity contribution in [2.45, 2.75) is 45.2 Å². The Labute approximate surface area is 228 Å². The lowest BCUT2D eigenvalue weighted by atomic mass is 9.56. The van der Waals surface area contributed by atoms with Crippen molar-refractivity contribution in [3.8, 4) is 11.8 Å². The highest BCUT2D eigenvalue weighted by Gasteiger charge is 2.49. The average molecular weight is 526 g/mol. The van der Waals surface area contributed by atoms with E-state index in [9.17, 15) is 14.9 Å². The first-order valence-corrected chi connectivity index (χ1v) is 13.8. The number of ether oxygens (including phenoxy) is 1. The molecule has 2 aromatic carbocycles. The first-order valence-electron chi connectivity index (χ1n) is 13.8. The van der Waals surface area contributed by atoms with Crippen LogP contribution in [-0.2, 0) is 11.3 Å². The van der Waals surface area contributed by atoms with Crippen molar-refractivity contribution in [1.29, 1.82) is 5.26 Å². The van der Waals surface area contributed by atoms with Gasteiger partial charge in [-0.05, 0) is 80.0 Å². The second-order valence-corrected chi connectivity index (χ2v) is 11.5. The number of fused-ring (bicyclic) bond motifs is 1. The number of piperazine rings is 1. The molecule has 2 N–H and O–H groups in total. The Balaban J connectivity index is 1.29. The van der Waals surface area contributed by atoms with Gasteiger partial charge in [0.1, 0.15) is 5.75 Å². The van der Waals surface area contributed by atoms with Gasteiger partial charge in [0.2, 0.25) is 5.91 Å². The third kappa shape index (κ3) is 4.65. The van der Waals surface area contributed by atoms with E-state index in [0.717, 1.165) is 55.6 Å². The number of aryl methyl sites for hydroxylation is 1. The number of nitrogens with zero attached hydrogens (tertiary/aromatic N) is 3. The summed E-state index contributed by atoms with van der Waals surface area (Å²) >= 11 is 0. The van der Waals surface area contributed by atoms with Crippen LogP contribution in [-0.4, -0.2) is 59.9 Å². The number of nitriles is 1. The molecule has 2 amide bonds. The summed E-state index contributed by atoms with van der Waals surface area (Å²) in [5.41, 5.74) is 5.47. The fraction of sp³-hybridized carbons (Fsp3) is 0.452. The number of piperidine rings is 1. The van der Waals surface area contributed by atoms with Gasteiger partial charge in [-0.1, -0.05) is 12.1 Å². The monoisotopic (exact) mass is 525 g/mol. The van der Waals surface area contributed by atoms with Gasteiger partial charge in [-0.25, -0.2) is 0 Å². The van der Waals surface area contributed by atoms with Gasteiger partial charge in [0, 0.05) is 59.8 Å². The summed E-state index contributed by atoms with van der Waals surface area (Å²) in [7, 11) is 1.73. The first kappa shape index (κ1) is 25.4. The topological polar surface area (TPSA) is 101 Å². The van der Waals surface area contributed by atoms with Crippen LogP contribution < -0.4 is 10.1 Å². The van der Waals surface area contributed by atoms with Crippen molar-refractivity contribution in [3.63, 3.8) is 0 Å². The highest BCUT2D eigenvalue weighted by atomic mass is 16.5. The zero-order valence-corrected chi connectivity index (χ0v) is 22.6. The molecule has 0 unspecified atom stereocenters. The van der Waals surface area contributed by atoms with Crippen molar-refractivity contribution < 1.29 is 14.3 Å². The fourth-order valence-corrected chi connectivity index (χ4v) is 6.97. The van der Waals surface area contributed by atoms with Crippen LogP contribution in [0.3, 0.4) is 0 Å². The molecule has 202 valence electrons. The number of likely N-dealkylation sites (tertiary alicyclic amines) is 1. The highest BCUT2D eigenvalue weighted by Crippen LogP contribution is 2.56. The van der Waals surface area contributed by atoms with Crippen molar-refractivity contribution in [3.05, 3.63) is 64.8 Å². The average Bonchev–Trinajstić information content (AvgIpc) is 3.44. The van der Waals surface area contributed by atoms with E-state index in [0.29, 0.717) is 18.7 Å². The SMILES string of the molecule is COc1cc(C)c2[nH]ccc2c1CN1CCC2(CC(C#N)C2)C[C@H]1c1ccc(C(=O)N2CCNC(=O)C2)cc1. The Morgan fingerprint density at radius 1 is 1.18 bits per heavy atom. The second kappa shape index (κ2) is 10.0. The zero-order valence-electron chi connectivity index (χ0n) is 22.6. The molecule has 2 saturated heterocycles. The highest BCUT2D eigenvalue weighted by molar-refractivity contribution is 5.97. The van der Waals surface area contributed by atoms with Gasteiger partial charge in [0.15, 0.2) is 0 Å². The molecule has 8 heteroatoms. The normalized spacial score (nSPS) is 25.3. The molecule has 8 nitrogen and oxygen atoms in total. The van der Waals surface area contributed by atoms with Crippen LogP contribution in [0.15, 0.2) is 42.6 Å². The van der Waals surface area contributed by atoms with Crippen molar-refractivity contribution in [2.24, 2.45) is 11.3 Å². The standard InChI is InChI=1S/C31H35N5O3/c1-20-13-27(39-2)25(24-7-9-34-29(20)24)18-35-11-8-31(14-21(15-31)17-32)16-26(35)22-3-5-23(6-4-22)30(38)36-12-10-33-28(37)19-36/h3-7,9,13,21,26,34H,8,10-12,14-16,18-19H2,1-2H3,(H,33,37)/t21?,26-,31?/m0/s1. The molecule has 6 rings (SSSR count). The lowest BCUT2D eigenvalue weighted by molar-refractivity contribution is -0.123. The number of H-pyrrole nitrogens is 1. The predicted octanol–water partition coefficient (Wildman–Crippen LogP) is 4.31. The first-order chi connectivity index (χ1) is 18.9. The minimum absolute atomic E-state index is 0.103. The lowest BCUT2D eigenvalue weighted by Gasteiger charge is -2.53. The summed E-state index contributed by atoms with van der Waals surface area (Å²) in [5, 5.41) is 13.4. The quantitative estimate of drug-likeness (QED) is 0.517. The molecule has 3 aliphatic rings. The molecule has 2 aliphatic heterocycles. The van der Waals surface area contributed by atoms with Gasteiger partial charge < -0.3 is 19.9 Å². The molecule has 3 heterocycles. The number of nitrogens with one attached hydrogen (secondary N) is 2. The molecule has 1 atom stereocenters. The number of amides is 2. The van der Waals surface area contributed by atoms with E-state index >= 15 is 0 Å². The molecule has 1 saturated carbocycles.